The first-order chi connectivity index (χ1) is 14.1. The summed E-state index contributed by atoms with van der Waals surface area (Å²) in [5, 5.41) is 0.159. The standard InChI is InChI=1S/C21H16ClN5O2/c22-20-23-10-13(11-24-20)12-26-9-1-2-17-18(26)25-21(29)27(19(17)28)16-7-5-15(6-8-16)14-3-4-14/h1-2,5-11,14H,3-4,12H2. The van der Waals surface area contributed by atoms with E-state index in [1.165, 1.54) is 18.4 Å². The summed E-state index contributed by atoms with van der Waals surface area (Å²) in [6, 6.07) is 11.0. The molecule has 0 unspecified atom stereocenters. The van der Waals surface area contributed by atoms with Crippen molar-refractivity contribution >= 4 is 11.6 Å². The van der Waals surface area contributed by atoms with Crippen molar-refractivity contribution in [1.29, 1.82) is 0 Å². The molecule has 1 aliphatic carbocycles. The molecule has 3 heterocycles. The summed E-state index contributed by atoms with van der Waals surface area (Å²) in [5.74, 6) is 0.932. The van der Waals surface area contributed by atoms with Crippen LogP contribution in [-0.2, 0) is 6.54 Å². The zero-order chi connectivity index (χ0) is 20.0. The molecule has 0 bridgehead atoms. The number of aromatic nitrogens is 5. The SMILES string of the molecule is O=c1nc2n(Cc3cnc(Cl)nc3)cccc-2c(=O)n1-c1ccc(C2CC2)cc1. The summed E-state index contributed by atoms with van der Waals surface area (Å²) in [6.45, 7) is 0.362. The molecule has 0 saturated heterocycles. The molecule has 3 aliphatic rings. The van der Waals surface area contributed by atoms with Crippen LogP contribution in [0.4, 0.5) is 0 Å². The van der Waals surface area contributed by atoms with Gasteiger partial charge in [-0.3, -0.25) is 4.79 Å². The summed E-state index contributed by atoms with van der Waals surface area (Å²) in [5.41, 5.74) is 1.93. The van der Waals surface area contributed by atoms with E-state index >= 15 is 0 Å². The molecule has 1 aromatic carbocycles. The number of rotatable bonds is 4. The Kier molecular flexibility index (Phi) is 4.24. The van der Waals surface area contributed by atoms with Crippen molar-refractivity contribution in [2.24, 2.45) is 0 Å². The third kappa shape index (κ3) is 3.34. The van der Waals surface area contributed by atoms with Gasteiger partial charge >= 0.3 is 5.69 Å². The summed E-state index contributed by atoms with van der Waals surface area (Å²) in [4.78, 5) is 38.0. The van der Waals surface area contributed by atoms with E-state index in [4.69, 9.17) is 11.6 Å². The summed E-state index contributed by atoms with van der Waals surface area (Å²) >= 11 is 5.73. The molecule has 1 aromatic heterocycles. The highest BCUT2D eigenvalue weighted by atomic mass is 35.5. The van der Waals surface area contributed by atoms with E-state index in [-0.39, 0.29) is 10.8 Å². The Morgan fingerprint density at radius 1 is 1.03 bits per heavy atom. The van der Waals surface area contributed by atoms with Crippen LogP contribution in [0, 0.1) is 0 Å². The lowest BCUT2D eigenvalue weighted by atomic mass is 10.1. The summed E-state index contributed by atoms with van der Waals surface area (Å²) in [6.07, 6.45) is 7.35. The van der Waals surface area contributed by atoms with Gasteiger partial charge in [-0.15, -0.1) is 0 Å². The molecule has 0 N–H and O–H groups in total. The van der Waals surface area contributed by atoms with Crippen LogP contribution >= 0.6 is 11.6 Å². The minimum absolute atomic E-state index is 0.159. The first kappa shape index (κ1) is 17.8. The van der Waals surface area contributed by atoms with Crippen molar-refractivity contribution in [1.82, 2.24) is 24.1 Å². The first-order valence-corrected chi connectivity index (χ1v) is 9.67. The van der Waals surface area contributed by atoms with E-state index in [1.807, 2.05) is 24.3 Å². The van der Waals surface area contributed by atoms with Gasteiger partial charge in [0.2, 0.25) is 5.28 Å². The Bertz CT molecular complexity index is 1270. The van der Waals surface area contributed by atoms with Crippen LogP contribution < -0.4 is 11.2 Å². The summed E-state index contributed by atoms with van der Waals surface area (Å²) in [7, 11) is 0. The van der Waals surface area contributed by atoms with Crippen molar-refractivity contribution < 1.29 is 0 Å². The molecule has 2 aromatic rings. The van der Waals surface area contributed by atoms with Gasteiger partial charge < -0.3 is 4.57 Å². The number of benzene rings is 1. The molecule has 144 valence electrons. The fourth-order valence-corrected chi connectivity index (χ4v) is 3.56. The van der Waals surface area contributed by atoms with Gasteiger partial charge in [0.15, 0.2) is 5.82 Å². The molecule has 2 aliphatic heterocycles. The van der Waals surface area contributed by atoms with Crippen LogP contribution in [-0.4, -0.2) is 24.1 Å². The zero-order valence-corrected chi connectivity index (χ0v) is 16.1. The molecule has 5 rings (SSSR count). The number of halogens is 1. The number of fused-ring (bicyclic) bond motifs is 1. The second-order valence-electron chi connectivity index (χ2n) is 7.13. The second-order valence-corrected chi connectivity index (χ2v) is 7.47. The van der Waals surface area contributed by atoms with E-state index < -0.39 is 5.69 Å². The number of hydrogen-bond acceptors (Lipinski definition) is 5. The van der Waals surface area contributed by atoms with Gasteiger partial charge in [-0.05, 0) is 60.2 Å². The third-order valence-electron chi connectivity index (χ3n) is 5.09. The second kappa shape index (κ2) is 6.93. The minimum atomic E-state index is -0.603. The average molecular weight is 406 g/mol. The van der Waals surface area contributed by atoms with Crippen molar-refractivity contribution in [2.45, 2.75) is 25.3 Å². The monoisotopic (exact) mass is 405 g/mol. The molecular weight excluding hydrogens is 390 g/mol. The number of hydrogen-bond donors (Lipinski definition) is 0. The van der Waals surface area contributed by atoms with Crippen LogP contribution in [0.25, 0.3) is 17.1 Å². The zero-order valence-electron chi connectivity index (χ0n) is 15.3. The van der Waals surface area contributed by atoms with Crippen LogP contribution in [0.1, 0.15) is 29.9 Å². The highest BCUT2D eigenvalue weighted by Gasteiger charge is 2.23. The third-order valence-corrected chi connectivity index (χ3v) is 5.29. The topological polar surface area (TPSA) is 82.7 Å². The van der Waals surface area contributed by atoms with Crippen molar-refractivity contribution in [3.63, 3.8) is 0 Å². The maximum atomic E-state index is 13.1. The van der Waals surface area contributed by atoms with Crippen LogP contribution in [0.5, 0.6) is 0 Å². The van der Waals surface area contributed by atoms with E-state index in [2.05, 4.69) is 15.0 Å². The van der Waals surface area contributed by atoms with Crippen molar-refractivity contribution in [3.8, 4) is 17.1 Å². The maximum absolute atomic E-state index is 13.1. The predicted octanol–water partition coefficient (Wildman–Crippen LogP) is 2.87. The lowest BCUT2D eigenvalue weighted by molar-refractivity contribution is 0.747. The van der Waals surface area contributed by atoms with Gasteiger partial charge in [0.1, 0.15) is 0 Å². The number of nitrogens with zero attached hydrogens (tertiary/aromatic N) is 5. The Morgan fingerprint density at radius 2 is 1.76 bits per heavy atom. The number of pyridine rings is 1. The van der Waals surface area contributed by atoms with Gasteiger partial charge in [-0.2, -0.15) is 4.98 Å². The van der Waals surface area contributed by atoms with Gasteiger partial charge in [-0.1, -0.05) is 12.1 Å². The molecule has 7 nitrogen and oxygen atoms in total. The molecule has 0 amide bonds. The van der Waals surface area contributed by atoms with Gasteiger partial charge in [-0.25, -0.2) is 19.3 Å². The van der Waals surface area contributed by atoms with E-state index in [0.29, 0.717) is 29.5 Å². The van der Waals surface area contributed by atoms with Crippen molar-refractivity contribution in [2.75, 3.05) is 0 Å². The highest BCUT2D eigenvalue weighted by Crippen LogP contribution is 2.40. The molecule has 8 heteroatoms. The molecule has 29 heavy (non-hydrogen) atoms. The molecule has 1 fully saturated rings. The first-order valence-electron chi connectivity index (χ1n) is 9.29. The van der Waals surface area contributed by atoms with Crippen molar-refractivity contribution in [3.05, 3.63) is 92.2 Å². The fourth-order valence-electron chi connectivity index (χ4n) is 3.47. The van der Waals surface area contributed by atoms with Gasteiger partial charge in [0.05, 0.1) is 17.8 Å². The van der Waals surface area contributed by atoms with E-state index in [9.17, 15) is 9.59 Å². The Hall–Kier alpha value is -3.32. The predicted molar refractivity (Wildman–Crippen MR) is 109 cm³/mol. The quantitative estimate of drug-likeness (QED) is 0.487. The van der Waals surface area contributed by atoms with Crippen LogP contribution in [0.15, 0.2) is 64.6 Å². The lowest BCUT2D eigenvalue weighted by Gasteiger charge is -2.15. The fraction of sp³-hybridized carbons (Fsp3) is 0.190. The maximum Gasteiger partial charge on any atom is 0.357 e. The smallest absolute Gasteiger partial charge is 0.328 e. The van der Waals surface area contributed by atoms with Crippen LogP contribution in [0.3, 0.4) is 0 Å². The van der Waals surface area contributed by atoms with Gasteiger partial charge in [0.25, 0.3) is 5.56 Å². The summed E-state index contributed by atoms with van der Waals surface area (Å²) < 4.78 is 2.85. The molecule has 1 saturated carbocycles. The van der Waals surface area contributed by atoms with E-state index in [0.717, 1.165) is 10.1 Å². The Balaban J connectivity index is 1.59. The van der Waals surface area contributed by atoms with Crippen LogP contribution in [0.2, 0.25) is 5.28 Å². The molecular formula is C21H16ClN5O2. The molecule has 0 atom stereocenters. The normalized spacial score (nSPS) is 13.7. The largest absolute Gasteiger partial charge is 0.357 e. The Labute approximate surface area is 170 Å². The lowest BCUT2D eigenvalue weighted by Crippen LogP contribution is -2.36. The minimum Gasteiger partial charge on any atom is -0.328 e. The molecule has 0 radical (unpaired) electrons. The van der Waals surface area contributed by atoms with E-state index in [1.54, 1.807) is 35.3 Å². The Morgan fingerprint density at radius 3 is 2.45 bits per heavy atom. The highest BCUT2D eigenvalue weighted by molar-refractivity contribution is 6.28. The molecule has 0 spiro atoms. The average Bonchev–Trinajstić information content (AvgIpc) is 3.56. The van der Waals surface area contributed by atoms with Gasteiger partial charge in [0, 0.05) is 24.2 Å².